The molecular weight excluding hydrogens is 348 g/mol. The second-order valence-corrected chi connectivity index (χ2v) is 6.99. The van der Waals surface area contributed by atoms with Gasteiger partial charge in [0.1, 0.15) is 5.82 Å². The zero-order valence-electron chi connectivity index (χ0n) is 13.9. The maximum atomic E-state index is 13.6. The normalized spacial score (nSPS) is 13.0. The van der Waals surface area contributed by atoms with Crippen LogP contribution in [0.25, 0.3) is 11.0 Å². The molecule has 0 aliphatic heterocycles. The van der Waals surface area contributed by atoms with Gasteiger partial charge >= 0.3 is 12.2 Å². The number of aromatic amines is 1. The van der Waals surface area contributed by atoms with Crippen molar-refractivity contribution in [1.29, 1.82) is 0 Å². The zero-order valence-corrected chi connectivity index (χ0v) is 14.8. The number of H-pyrrole nitrogens is 1. The van der Waals surface area contributed by atoms with E-state index in [2.05, 4.69) is 15.2 Å². The molecule has 0 radical (unpaired) electrons. The highest BCUT2D eigenvalue weighted by molar-refractivity contribution is 7.99. The fourth-order valence-corrected chi connectivity index (χ4v) is 3.66. The molecule has 0 aliphatic carbocycles. The molecule has 1 N–H and O–H groups in total. The first-order valence-electron chi connectivity index (χ1n) is 8.09. The van der Waals surface area contributed by atoms with Crippen LogP contribution >= 0.6 is 11.8 Å². The molecule has 0 spiro atoms. The Hall–Kier alpha value is -2.16. The van der Waals surface area contributed by atoms with E-state index in [1.165, 1.54) is 11.8 Å². The highest BCUT2D eigenvalue weighted by Crippen LogP contribution is 2.36. The van der Waals surface area contributed by atoms with Gasteiger partial charge in [0, 0.05) is 6.54 Å². The lowest BCUT2D eigenvalue weighted by molar-refractivity contribution is 0.0715. The monoisotopic (exact) mass is 367 g/mol. The SMILES string of the molecule is CCCCn1c(S[C@H](C)c2nc3ccccc3n2C(F)F)n[nH]c1=O. The van der Waals surface area contributed by atoms with Crippen molar-refractivity contribution >= 4 is 22.8 Å². The van der Waals surface area contributed by atoms with Gasteiger partial charge in [-0.05, 0) is 25.5 Å². The molecule has 9 heteroatoms. The summed E-state index contributed by atoms with van der Waals surface area (Å²) in [6, 6.07) is 6.81. The molecule has 0 aliphatic rings. The topological polar surface area (TPSA) is 68.5 Å². The Bertz CT molecular complexity index is 917. The third-order valence-corrected chi connectivity index (χ3v) is 5.01. The molecule has 134 valence electrons. The molecule has 2 aromatic heterocycles. The first-order valence-corrected chi connectivity index (χ1v) is 8.97. The number of nitrogens with zero attached hydrogens (tertiary/aromatic N) is 4. The fraction of sp³-hybridized carbons (Fsp3) is 0.438. The number of imidazole rings is 1. The van der Waals surface area contributed by atoms with Crippen molar-refractivity contribution in [3.63, 3.8) is 0 Å². The molecule has 0 saturated carbocycles. The first kappa shape index (κ1) is 17.7. The van der Waals surface area contributed by atoms with Crippen LogP contribution in [0.5, 0.6) is 0 Å². The maximum Gasteiger partial charge on any atom is 0.343 e. The molecule has 1 atom stereocenters. The van der Waals surface area contributed by atoms with E-state index in [9.17, 15) is 13.6 Å². The molecule has 0 fully saturated rings. The summed E-state index contributed by atoms with van der Waals surface area (Å²) in [4.78, 5) is 16.2. The summed E-state index contributed by atoms with van der Waals surface area (Å²) in [5, 5.41) is 6.55. The molecule has 0 bridgehead atoms. The van der Waals surface area contributed by atoms with Crippen LogP contribution in [-0.4, -0.2) is 24.3 Å². The van der Waals surface area contributed by atoms with Gasteiger partial charge in [0.05, 0.1) is 16.3 Å². The van der Waals surface area contributed by atoms with E-state index in [4.69, 9.17) is 0 Å². The lowest BCUT2D eigenvalue weighted by Crippen LogP contribution is -2.18. The third-order valence-electron chi connectivity index (χ3n) is 3.92. The van der Waals surface area contributed by atoms with Crippen molar-refractivity contribution in [2.75, 3.05) is 0 Å². The summed E-state index contributed by atoms with van der Waals surface area (Å²) < 4.78 is 29.6. The quantitative estimate of drug-likeness (QED) is 0.642. The Labute approximate surface area is 147 Å². The van der Waals surface area contributed by atoms with Crippen LogP contribution in [-0.2, 0) is 6.54 Å². The van der Waals surface area contributed by atoms with Crippen molar-refractivity contribution in [2.24, 2.45) is 0 Å². The number of hydrogen-bond donors (Lipinski definition) is 1. The molecule has 0 unspecified atom stereocenters. The van der Waals surface area contributed by atoms with Crippen molar-refractivity contribution in [1.82, 2.24) is 24.3 Å². The Morgan fingerprint density at radius 3 is 2.80 bits per heavy atom. The number of nitrogens with one attached hydrogen (secondary N) is 1. The zero-order chi connectivity index (χ0) is 18.0. The summed E-state index contributed by atoms with van der Waals surface area (Å²) in [6.45, 7) is 1.68. The van der Waals surface area contributed by atoms with Crippen LogP contribution < -0.4 is 5.69 Å². The number of aromatic nitrogens is 5. The lowest BCUT2D eigenvalue weighted by atomic mass is 10.3. The molecule has 1 aromatic carbocycles. The molecule has 0 saturated heterocycles. The number of hydrogen-bond acceptors (Lipinski definition) is 4. The fourth-order valence-electron chi connectivity index (χ4n) is 2.67. The summed E-state index contributed by atoms with van der Waals surface area (Å²) >= 11 is 1.25. The summed E-state index contributed by atoms with van der Waals surface area (Å²) in [5.41, 5.74) is 0.631. The van der Waals surface area contributed by atoms with Gasteiger partial charge in [-0.25, -0.2) is 14.9 Å². The van der Waals surface area contributed by atoms with E-state index in [0.717, 1.165) is 17.4 Å². The summed E-state index contributed by atoms with van der Waals surface area (Å²) in [6.07, 6.45) is 1.79. The van der Waals surface area contributed by atoms with Gasteiger partial charge in [-0.2, -0.15) is 8.78 Å². The van der Waals surface area contributed by atoms with Crippen molar-refractivity contribution in [3.8, 4) is 0 Å². The first-order chi connectivity index (χ1) is 12.0. The standard InChI is InChI=1S/C16H19F2N5OS/c1-3-4-9-22-15(24)20-21-16(22)25-10(2)13-19-11-7-5-6-8-12(11)23(13)14(17)18/h5-8,10,14H,3-4,9H2,1-2H3,(H,20,24)/t10-/m1/s1. The van der Waals surface area contributed by atoms with Crippen LogP contribution in [0.1, 0.15) is 44.3 Å². The Morgan fingerprint density at radius 1 is 1.32 bits per heavy atom. The number of unbranched alkanes of at least 4 members (excludes halogenated alkanes) is 1. The average Bonchev–Trinajstić information content (AvgIpc) is 3.14. The number of thioether (sulfide) groups is 1. The van der Waals surface area contributed by atoms with E-state index < -0.39 is 11.8 Å². The van der Waals surface area contributed by atoms with Gasteiger partial charge in [0.25, 0.3) is 0 Å². The minimum Gasteiger partial charge on any atom is -0.270 e. The molecular formula is C16H19F2N5OS. The largest absolute Gasteiger partial charge is 0.343 e. The van der Waals surface area contributed by atoms with Gasteiger partial charge in [-0.15, -0.1) is 5.10 Å². The molecule has 25 heavy (non-hydrogen) atoms. The van der Waals surface area contributed by atoms with Crippen LogP contribution in [0.3, 0.4) is 0 Å². The molecule has 3 rings (SSSR count). The third kappa shape index (κ3) is 3.46. The summed E-state index contributed by atoms with van der Waals surface area (Å²) in [7, 11) is 0. The Morgan fingerprint density at radius 2 is 2.08 bits per heavy atom. The number of alkyl halides is 2. The average molecular weight is 367 g/mol. The van der Waals surface area contributed by atoms with E-state index in [-0.39, 0.29) is 11.5 Å². The molecule has 0 amide bonds. The molecule has 2 heterocycles. The highest BCUT2D eigenvalue weighted by atomic mass is 32.2. The second-order valence-electron chi connectivity index (χ2n) is 5.68. The van der Waals surface area contributed by atoms with Crippen molar-refractivity contribution in [2.45, 2.75) is 50.2 Å². The van der Waals surface area contributed by atoms with Gasteiger partial charge in [-0.1, -0.05) is 37.2 Å². The smallest absolute Gasteiger partial charge is 0.270 e. The molecule has 3 aromatic rings. The number of para-hydroxylation sites is 2. The predicted octanol–water partition coefficient (Wildman–Crippen LogP) is 3.97. The molecule has 6 nitrogen and oxygen atoms in total. The minimum absolute atomic E-state index is 0.263. The van der Waals surface area contributed by atoms with Crippen LogP contribution in [0.2, 0.25) is 0 Å². The lowest BCUT2D eigenvalue weighted by Gasteiger charge is -2.13. The summed E-state index contributed by atoms with van der Waals surface area (Å²) in [5.74, 6) is 0.263. The predicted molar refractivity (Wildman–Crippen MR) is 93.0 cm³/mol. The number of fused-ring (bicyclic) bond motifs is 1. The van der Waals surface area contributed by atoms with E-state index in [1.807, 2.05) is 6.92 Å². The van der Waals surface area contributed by atoms with E-state index in [1.54, 1.807) is 35.8 Å². The Balaban J connectivity index is 1.94. The van der Waals surface area contributed by atoms with Gasteiger partial charge < -0.3 is 0 Å². The van der Waals surface area contributed by atoms with Gasteiger partial charge in [0.15, 0.2) is 5.16 Å². The Kier molecular flexibility index (Phi) is 5.22. The number of benzene rings is 1. The highest BCUT2D eigenvalue weighted by Gasteiger charge is 2.24. The van der Waals surface area contributed by atoms with Crippen LogP contribution in [0, 0.1) is 0 Å². The van der Waals surface area contributed by atoms with E-state index in [0.29, 0.717) is 22.7 Å². The van der Waals surface area contributed by atoms with Crippen molar-refractivity contribution in [3.05, 3.63) is 40.6 Å². The van der Waals surface area contributed by atoms with Gasteiger partial charge in [0.2, 0.25) is 0 Å². The minimum atomic E-state index is -2.69. The van der Waals surface area contributed by atoms with E-state index >= 15 is 0 Å². The van der Waals surface area contributed by atoms with Crippen LogP contribution in [0.15, 0.2) is 34.2 Å². The number of halogens is 2. The maximum absolute atomic E-state index is 13.6. The van der Waals surface area contributed by atoms with Gasteiger partial charge in [-0.3, -0.25) is 9.13 Å². The number of rotatable bonds is 7. The second kappa shape index (κ2) is 7.38. The van der Waals surface area contributed by atoms with Crippen LogP contribution in [0.4, 0.5) is 8.78 Å². The van der Waals surface area contributed by atoms with Crippen molar-refractivity contribution < 1.29 is 8.78 Å².